The summed E-state index contributed by atoms with van der Waals surface area (Å²) in [7, 11) is 0. The summed E-state index contributed by atoms with van der Waals surface area (Å²) >= 11 is 0. The third-order valence-corrected chi connectivity index (χ3v) is 4.38. The minimum absolute atomic E-state index is 0.0284. The van der Waals surface area contributed by atoms with Gasteiger partial charge in [-0.2, -0.15) is 0 Å². The van der Waals surface area contributed by atoms with E-state index in [9.17, 15) is 9.59 Å². The van der Waals surface area contributed by atoms with Gasteiger partial charge in [-0.25, -0.2) is 4.79 Å². The Hall–Kier alpha value is -1.30. The molecule has 0 saturated carbocycles. The molecule has 0 aliphatic carbocycles. The van der Waals surface area contributed by atoms with E-state index in [0.717, 1.165) is 45.3 Å². The van der Waals surface area contributed by atoms with Gasteiger partial charge >= 0.3 is 6.03 Å². The normalized spacial score (nSPS) is 26.1. The van der Waals surface area contributed by atoms with Crippen molar-refractivity contribution in [2.45, 2.75) is 57.7 Å². The first kappa shape index (κ1) is 15.1. The maximum Gasteiger partial charge on any atom is 0.312 e. The van der Waals surface area contributed by atoms with Crippen LogP contribution in [0.5, 0.6) is 0 Å². The number of rotatable bonds is 3. The average molecular weight is 282 g/mol. The molecule has 2 heterocycles. The molecule has 0 bridgehead atoms. The van der Waals surface area contributed by atoms with Crippen LogP contribution in [0.3, 0.4) is 0 Å². The van der Waals surface area contributed by atoms with Crippen molar-refractivity contribution < 1.29 is 9.59 Å². The molecule has 2 rings (SSSR count). The number of nitrogens with one attached hydrogen (secondary N) is 1. The minimum atomic E-state index is -0.455. The summed E-state index contributed by atoms with van der Waals surface area (Å²) in [5.41, 5.74) is 5.15. The van der Waals surface area contributed by atoms with Gasteiger partial charge in [0.05, 0.1) is 6.04 Å². The highest BCUT2D eigenvalue weighted by Crippen LogP contribution is 2.22. The third kappa shape index (κ3) is 3.42. The zero-order chi connectivity index (χ0) is 14.7. The van der Waals surface area contributed by atoms with Crippen molar-refractivity contribution in [1.29, 1.82) is 0 Å². The van der Waals surface area contributed by atoms with Gasteiger partial charge in [-0.3, -0.25) is 9.69 Å². The number of hydrogen-bond donors (Lipinski definition) is 2. The molecule has 114 valence electrons. The van der Waals surface area contributed by atoms with Crippen LogP contribution in [0.4, 0.5) is 4.79 Å². The largest absolute Gasteiger partial charge is 0.352 e. The lowest BCUT2D eigenvalue weighted by Gasteiger charge is -2.42. The Kier molecular flexibility index (Phi) is 4.86. The fourth-order valence-electron chi connectivity index (χ4n) is 3.29. The monoisotopic (exact) mass is 282 g/mol. The number of likely N-dealkylation sites (tertiary alicyclic amines) is 2. The standard InChI is InChI=1S/C14H26N4O2/c1-10(2)18-7-3-4-12(13(18)19)17-8-5-11(6-9-17)16-14(15)20/h10-12H,3-9H2,1-2H3,(H3,15,16,20). The van der Waals surface area contributed by atoms with Crippen LogP contribution in [-0.2, 0) is 4.79 Å². The van der Waals surface area contributed by atoms with Crippen LogP contribution in [0, 0.1) is 0 Å². The van der Waals surface area contributed by atoms with E-state index in [4.69, 9.17) is 5.73 Å². The molecule has 6 heteroatoms. The number of carbonyl (C=O) groups excluding carboxylic acids is 2. The summed E-state index contributed by atoms with van der Waals surface area (Å²) in [6.07, 6.45) is 3.77. The Morgan fingerprint density at radius 1 is 1.25 bits per heavy atom. The van der Waals surface area contributed by atoms with Crippen LogP contribution >= 0.6 is 0 Å². The molecule has 2 aliphatic rings. The summed E-state index contributed by atoms with van der Waals surface area (Å²) in [6, 6.07) is 0.00636. The summed E-state index contributed by atoms with van der Waals surface area (Å²) < 4.78 is 0. The van der Waals surface area contributed by atoms with Crippen LogP contribution in [0.1, 0.15) is 39.5 Å². The first-order chi connectivity index (χ1) is 9.49. The van der Waals surface area contributed by atoms with Crippen LogP contribution in [-0.4, -0.2) is 59.5 Å². The van der Waals surface area contributed by atoms with Crippen molar-refractivity contribution in [2.24, 2.45) is 5.73 Å². The molecule has 6 nitrogen and oxygen atoms in total. The van der Waals surface area contributed by atoms with Gasteiger partial charge in [0.15, 0.2) is 0 Å². The SMILES string of the molecule is CC(C)N1CCCC(N2CCC(NC(N)=O)CC2)C1=O. The van der Waals surface area contributed by atoms with E-state index in [0.29, 0.717) is 0 Å². The van der Waals surface area contributed by atoms with E-state index < -0.39 is 6.03 Å². The number of carbonyl (C=O) groups is 2. The number of piperidine rings is 2. The lowest BCUT2D eigenvalue weighted by atomic mass is 9.97. The Balaban J connectivity index is 1.89. The van der Waals surface area contributed by atoms with Crippen LogP contribution < -0.4 is 11.1 Å². The Morgan fingerprint density at radius 2 is 1.90 bits per heavy atom. The molecule has 2 fully saturated rings. The van der Waals surface area contributed by atoms with Gasteiger partial charge in [-0.15, -0.1) is 0 Å². The second-order valence-corrected chi connectivity index (χ2v) is 6.10. The van der Waals surface area contributed by atoms with E-state index in [-0.39, 0.29) is 24.0 Å². The predicted octanol–water partition coefficient (Wildman–Crippen LogP) is 0.519. The Morgan fingerprint density at radius 3 is 2.45 bits per heavy atom. The molecule has 0 spiro atoms. The molecular formula is C14H26N4O2. The van der Waals surface area contributed by atoms with Crippen LogP contribution in [0.25, 0.3) is 0 Å². The number of nitrogens with two attached hydrogens (primary N) is 1. The molecule has 0 aromatic rings. The van der Waals surface area contributed by atoms with Crippen molar-refractivity contribution in [3.05, 3.63) is 0 Å². The van der Waals surface area contributed by atoms with E-state index in [1.165, 1.54) is 0 Å². The van der Waals surface area contributed by atoms with Crippen molar-refractivity contribution in [1.82, 2.24) is 15.1 Å². The highest BCUT2D eigenvalue weighted by atomic mass is 16.2. The first-order valence-electron chi connectivity index (χ1n) is 7.59. The van der Waals surface area contributed by atoms with Crippen molar-refractivity contribution in [3.8, 4) is 0 Å². The lowest BCUT2D eigenvalue weighted by molar-refractivity contribution is -0.142. The average Bonchev–Trinajstić information content (AvgIpc) is 2.39. The van der Waals surface area contributed by atoms with Crippen LogP contribution in [0.2, 0.25) is 0 Å². The topological polar surface area (TPSA) is 78.7 Å². The Bertz CT molecular complexity index is 364. The number of hydrogen-bond acceptors (Lipinski definition) is 3. The number of primary amides is 1. The molecular weight excluding hydrogens is 256 g/mol. The van der Waals surface area contributed by atoms with Gasteiger partial charge in [-0.05, 0) is 39.5 Å². The van der Waals surface area contributed by atoms with E-state index in [2.05, 4.69) is 24.1 Å². The molecule has 1 atom stereocenters. The van der Waals surface area contributed by atoms with E-state index >= 15 is 0 Å². The Labute approximate surface area is 120 Å². The zero-order valence-electron chi connectivity index (χ0n) is 12.5. The molecule has 3 amide bonds. The molecule has 0 radical (unpaired) electrons. The van der Waals surface area contributed by atoms with Crippen molar-refractivity contribution in [2.75, 3.05) is 19.6 Å². The summed E-state index contributed by atoms with van der Waals surface area (Å²) in [5, 5.41) is 2.76. The smallest absolute Gasteiger partial charge is 0.312 e. The zero-order valence-corrected chi connectivity index (χ0v) is 12.5. The summed E-state index contributed by atoms with van der Waals surface area (Å²) in [4.78, 5) is 27.6. The number of nitrogens with zero attached hydrogens (tertiary/aromatic N) is 2. The molecule has 2 aliphatic heterocycles. The quantitative estimate of drug-likeness (QED) is 0.792. The van der Waals surface area contributed by atoms with Crippen molar-refractivity contribution >= 4 is 11.9 Å². The summed E-state index contributed by atoms with van der Waals surface area (Å²) in [5.74, 6) is 0.271. The lowest BCUT2D eigenvalue weighted by Crippen LogP contribution is -2.57. The minimum Gasteiger partial charge on any atom is -0.352 e. The second kappa shape index (κ2) is 6.43. The van der Waals surface area contributed by atoms with Gasteiger partial charge in [0.25, 0.3) is 0 Å². The molecule has 20 heavy (non-hydrogen) atoms. The molecule has 0 aromatic heterocycles. The molecule has 1 unspecified atom stereocenters. The van der Waals surface area contributed by atoms with Gasteiger partial charge in [-0.1, -0.05) is 0 Å². The predicted molar refractivity (Wildman–Crippen MR) is 77.2 cm³/mol. The highest BCUT2D eigenvalue weighted by Gasteiger charge is 2.35. The van der Waals surface area contributed by atoms with E-state index in [1.807, 2.05) is 4.90 Å². The fourth-order valence-corrected chi connectivity index (χ4v) is 3.29. The van der Waals surface area contributed by atoms with Gasteiger partial charge in [0, 0.05) is 31.7 Å². The maximum absolute atomic E-state index is 12.5. The maximum atomic E-state index is 12.5. The fraction of sp³-hybridized carbons (Fsp3) is 0.857. The molecule has 3 N–H and O–H groups in total. The number of urea groups is 1. The van der Waals surface area contributed by atoms with Crippen molar-refractivity contribution in [3.63, 3.8) is 0 Å². The third-order valence-electron chi connectivity index (χ3n) is 4.38. The number of amides is 3. The molecule has 2 saturated heterocycles. The van der Waals surface area contributed by atoms with Gasteiger partial charge in [0.1, 0.15) is 0 Å². The summed E-state index contributed by atoms with van der Waals surface area (Å²) in [6.45, 7) is 6.74. The highest BCUT2D eigenvalue weighted by molar-refractivity contribution is 5.83. The molecule has 0 aromatic carbocycles. The second-order valence-electron chi connectivity index (χ2n) is 6.10. The van der Waals surface area contributed by atoms with Gasteiger partial charge < -0.3 is 16.0 Å². The van der Waals surface area contributed by atoms with E-state index in [1.54, 1.807) is 0 Å². The van der Waals surface area contributed by atoms with Gasteiger partial charge in [0.2, 0.25) is 5.91 Å². The van der Waals surface area contributed by atoms with Crippen LogP contribution in [0.15, 0.2) is 0 Å². The first-order valence-corrected chi connectivity index (χ1v) is 7.59.